The van der Waals surface area contributed by atoms with Crippen LogP contribution in [-0.4, -0.2) is 20.9 Å². The number of sulfonamides is 1. The second-order valence-corrected chi connectivity index (χ2v) is 7.56. The predicted molar refractivity (Wildman–Crippen MR) is 92.4 cm³/mol. The van der Waals surface area contributed by atoms with Crippen LogP contribution in [0.2, 0.25) is 5.02 Å². The van der Waals surface area contributed by atoms with Crippen molar-refractivity contribution in [2.24, 2.45) is 0 Å². The number of hydrogen-bond donors (Lipinski definition) is 1. The fraction of sp³-hybridized carbons (Fsp3) is 0.235. The average Bonchev–Trinajstić information content (AvgIpc) is 2.53. The highest BCUT2D eigenvalue weighted by molar-refractivity contribution is 7.89. The maximum absolute atomic E-state index is 12.2. The molecule has 0 bridgehead atoms. The minimum atomic E-state index is -3.76. The zero-order chi connectivity index (χ0) is 17.7. The summed E-state index contributed by atoms with van der Waals surface area (Å²) in [5.74, 6) is -0.664. The molecule has 1 N–H and O–H groups in total. The third-order valence-electron chi connectivity index (χ3n) is 3.48. The van der Waals surface area contributed by atoms with Gasteiger partial charge in [0.1, 0.15) is 13.2 Å². The molecule has 0 fully saturated rings. The van der Waals surface area contributed by atoms with E-state index >= 15 is 0 Å². The summed E-state index contributed by atoms with van der Waals surface area (Å²) in [6.07, 6.45) is 0. The highest BCUT2D eigenvalue weighted by Crippen LogP contribution is 2.14. The number of carbonyl (C=O) groups is 1. The maximum atomic E-state index is 12.2. The summed E-state index contributed by atoms with van der Waals surface area (Å²) in [4.78, 5) is 11.8. The number of hydrogen-bond acceptors (Lipinski definition) is 4. The van der Waals surface area contributed by atoms with Gasteiger partial charge >= 0.3 is 5.97 Å². The van der Waals surface area contributed by atoms with Crippen LogP contribution in [0.3, 0.4) is 0 Å². The van der Waals surface area contributed by atoms with Crippen LogP contribution in [0.1, 0.15) is 16.7 Å². The van der Waals surface area contributed by atoms with Crippen LogP contribution >= 0.6 is 11.6 Å². The van der Waals surface area contributed by atoms with E-state index in [0.717, 1.165) is 16.7 Å². The lowest BCUT2D eigenvalue weighted by Gasteiger charge is -2.09. The van der Waals surface area contributed by atoms with E-state index in [2.05, 4.69) is 4.72 Å². The zero-order valence-corrected chi connectivity index (χ0v) is 14.9. The topological polar surface area (TPSA) is 72.5 Å². The third-order valence-corrected chi connectivity index (χ3v) is 5.12. The smallest absolute Gasteiger partial charge is 0.321 e. The lowest BCUT2D eigenvalue weighted by Crippen LogP contribution is -2.30. The molecule has 0 atom stereocenters. The van der Waals surface area contributed by atoms with Crippen LogP contribution in [0.25, 0.3) is 0 Å². The van der Waals surface area contributed by atoms with Crippen molar-refractivity contribution in [3.8, 4) is 0 Å². The Balaban J connectivity index is 1.91. The molecule has 2 aromatic carbocycles. The van der Waals surface area contributed by atoms with Crippen molar-refractivity contribution in [1.82, 2.24) is 4.72 Å². The zero-order valence-electron chi connectivity index (χ0n) is 13.4. The van der Waals surface area contributed by atoms with E-state index < -0.39 is 22.5 Å². The molecule has 5 nitrogen and oxygen atoms in total. The Hall–Kier alpha value is -1.89. The monoisotopic (exact) mass is 367 g/mol. The van der Waals surface area contributed by atoms with Gasteiger partial charge in [-0.2, -0.15) is 4.72 Å². The lowest BCUT2D eigenvalue weighted by molar-refractivity contribution is -0.143. The van der Waals surface area contributed by atoms with Gasteiger partial charge in [-0.25, -0.2) is 8.42 Å². The summed E-state index contributed by atoms with van der Waals surface area (Å²) in [7, 11) is -3.76. The highest BCUT2D eigenvalue weighted by atomic mass is 35.5. The number of aryl methyl sites for hydroxylation is 2. The molecule has 0 aliphatic heterocycles. The molecule has 0 radical (unpaired) electrons. The Kier molecular flexibility index (Phi) is 5.99. The molecule has 0 saturated heterocycles. The van der Waals surface area contributed by atoms with Gasteiger partial charge in [0.15, 0.2) is 0 Å². The van der Waals surface area contributed by atoms with Gasteiger partial charge in [0.25, 0.3) is 0 Å². The number of nitrogens with one attached hydrogen (secondary N) is 1. The van der Waals surface area contributed by atoms with Gasteiger partial charge < -0.3 is 4.74 Å². The molecule has 24 heavy (non-hydrogen) atoms. The van der Waals surface area contributed by atoms with Crippen LogP contribution in [0, 0.1) is 13.8 Å². The summed E-state index contributed by atoms with van der Waals surface area (Å²) in [6, 6.07) is 11.7. The molecule has 0 aliphatic rings. The maximum Gasteiger partial charge on any atom is 0.321 e. The first-order valence-corrected chi connectivity index (χ1v) is 9.11. The van der Waals surface area contributed by atoms with E-state index in [1.54, 1.807) is 36.4 Å². The molecule has 7 heteroatoms. The summed E-state index contributed by atoms with van der Waals surface area (Å²) < 4.78 is 31.6. The molecular weight excluding hydrogens is 350 g/mol. The van der Waals surface area contributed by atoms with Crippen molar-refractivity contribution in [3.63, 3.8) is 0 Å². The highest BCUT2D eigenvalue weighted by Gasteiger charge is 2.16. The molecule has 0 aromatic heterocycles. The second-order valence-electron chi connectivity index (χ2n) is 5.36. The standard InChI is InChI=1S/C17H18ClNO4S/c1-12-6-7-16(8-13(12)2)24(21,22)19-10-17(20)23-11-14-4-3-5-15(18)9-14/h3-9,19H,10-11H2,1-2H3. The summed E-state index contributed by atoms with van der Waals surface area (Å²) >= 11 is 5.84. The molecule has 128 valence electrons. The van der Waals surface area contributed by atoms with Gasteiger partial charge in [-0.3, -0.25) is 4.79 Å². The summed E-state index contributed by atoms with van der Waals surface area (Å²) in [5, 5.41) is 0.541. The summed E-state index contributed by atoms with van der Waals surface area (Å²) in [5.41, 5.74) is 2.59. The fourth-order valence-corrected chi connectivity index (χ4v) is 3.23. The Morgan fingerprint density at radius 2 is 1.88 bits per heavy atom. The largest absolute Gasteiger partial charge is 0.460 e. The third kappa shape index (κ3) is 5.06. The normalized spacial score (nSPS) is 11.3. The lowest BCUT2D eigenvalue weighted by atomic mass is 10.1. The van der Waals surface area contributed by atoms with Crippen LogP contribution in [0.15, 0.2) is 47.4 Å². The van der Waals surface area contributed by atoms with Gasteiger partial charge in [-0.1, -0.05) is 29.8 Å². The number of carbonyl (C=O) groups excluding carboxylic acids is 1. The van der Waals surface area contributed by atoms with Crippen molar-refractivity contribution in [2.45, 2.75) is 25.3 Å². The second kappa shape index (κ2) is 7.79. The minimum Gasteiger partial charge on any atom is -0.460 e. The minimum absolute atomic E-state index is 0.0325. The first kappa shape index (κ1) is 18.4. The van der Waals surface area contributed by atoms with Crippen molar-refractivity contribution >= 4 is 27.6 Å². The molecule has 0 unspecified atom stereocenters. The van der Waals surface area contributed by atoms with Crippen LogP contribution < -0.4 is 4.72 Å². The van der Waals surface area contributed by atoms with Gasteiger partial charge in [0.2, 0.25) is 10.0 Å². The van der Waals surface area contributed by atoms with Crippen molar-refractivity contribution in [1.29, 1.82) is 0 Å². The van der Waals surface area contributed by atoms with Crippen molar-refractivity contribution in [2.75, 3.05) is 6.54 Å². The number of rotatable bonds is 6. The van der Waals surface area contributed by atoms with Crippen LogP contribution in [0.5, 0.6) is 0 Å². The van der Waals surface area contributed by atoms with E-state index in [1.807, 2.05) is 13.8 Å². The van der Waals surface area contributed by atoms with Gasteiger partial charge in [0.05, 0.1) is 4.90 Å². The Morgan fingerprint density at radius 3 is 2.54 bits per heavy atom. The summed E-state index contributed by atoms with van der Waals surface area (Å²) in [6.45, 7) is 3.32. The molecule has 0 amide bonds. The van der Waals surface area contributed by atoms with Gasteiger partial charge in [0, 0.05) is 5.02 Å². The first-order valence-electron chi connectivity index (χ1n) is 7.25. The first-order chi connectivity index (χ1) is 11.3. The van der Waals surface area contributed by atoms with E-state index in [-0.39, 0.29) is 11.5 Å². The number of halogens is 1. The van der Waals surface area contributed by atoms with E-state index in [4.69, 9.17) is 16.3 Å². The molecule has 0 spiro atoms. The van der Waals surface area contributed by atoms with Crippen LogP contribution in [0.4, 0.5) is 0 Å². The number of benzene rings is 2. The van der Waals surface area contributed by atoms with Gasteiger partial charge in [-0.15, -0.1) is 0 Å². The molecule has 2 rings (SSSR count). The van der Waals surface area contributed by atoms with E-state index in [0.29, 0.717) is 5.02 Å². The van der Waals surface area contributed by atoms with Gasteiger partial charge in [-0.05, 0) is 54.8 Å². The Bertz CT molecular complexity index is 849. The molecular formula is C17H18ClNO4S. The SMILES string of the molecule is Cc1ccc(S(=O)(=O)NCC(=O)OCc2cccc(Cl)c2)cc1C. The van der Waals surface area contributed by atoms with E-state index in [9.17, 15) is 13.2 Å². The molecule has 0 saturated carbocycles. The molecule has 2 aromatic rings. The molecule has 0 aliphatic carbocycles. The average molecular weight is 368 g/mol. The number of ether oxygens (including phenoxy) is 1. The van der Waals surface area contributed by atoms with Crippen LogP contribution in [-0.2, 0) is 26.2 Å². The Morgan fingerprint density at radius 1 is 1.12 bits per heavy atom. The van der Waals surface area contributed by atoms with Crippen molar-refractivity contribution < 1.29 is 17.9 Å². The Labute approximate surface area is 146 Å². The quantitative estimate of drug-likeness (QED) is 0.796. The number of esters is 1. The van der Waals surface area contributed by atoms with E-state index in [1.165, 1.54) is 6.07 Å². The molecule has 0 heterocycles. The fourth-order valence-electron chi connectivity index (χ4n) is 1.96. The predicted octanol–water partition coefficient (Wildman–Crippen LogP) is 2.98. The van der Waals surface area contributed by atoms with Crippen molar-refractivity contribution in [3.05, 3.63) is 64.2 Å².